The van der Waals surface area contributed by atoms with Crippen LogP contribution in [0, 0.1) is 0 Å². The van der Waals surface area contributed by atoms with Crippen molar-refractivity contribution in [2.75, 3.05) is 26.2 Å². The van der Waals surface area contributed by atoms with Gasteiger partial charge in [0.2, 0.25) is 0 Å². The van der Waals surface area contributed by atoms with Gasteiger partial charge in [0.05, 0.1) is 12.2 Å². The van der Waals surface area contributed by atoms with Crippen molar-refractivity contribution >= 4 is 11.8 Å². The van der Waals surface area contributed by atoms with Gasteiger partial charge in [-0.15, -0.1) is 0 Å². The lowest BCUT2D eigenvalue weighted by atomic mass is 10.1. The quantitative estimate of drug-likeness (QED) is 0.618. The van der Waals surface area contributed by atoms with Gasteiger partial charge >= 0.3 is 5.97 Å². The van der Waals surface area contributed by atoms with E-state index in [1.165, 1.54) is 0 Å². The zero-order valence-corrected chi connectivity index (χ0v) is 9.35. The number of ketones is 1. The maximum Gasteiger partial charge on any atom is 0.322 e. The number of carbonyl (C=O) groups excluding carboxylic acids is 1. The van der Waals surface area contributed by atoms with Crippen LogP contribution in [0.15, 0.2) is 18.3 Å². The van der Waals surface area contributed by atoms with E-state index in [-0.39, 0.29) is 12.3 Å². The average molecular weight is 237 g/mol. The molecule has 1 aliphatic rings. The summed E-state index contributed by atoms with van der Waals surface area (Å²) < 4.78 is 0. The zero-order valence-electron chi connectivity index (χ0n) is 9.35. The molecule has 0 saturated carbocycles. The minimum Gasteiger partial charge on any atom is -0.480 e. The number of aromatic nitrogens is 1. The van der Waals surface area contributed by atoms with E-state index in [0.717, 1.165) is 0 Å². The molecule has 0 aliphatic carbocycles. The van der Waals surface area contributed by atoms with Crippen LogP contribution in [0.4, 0.5) is 0 Å². The van der Waals surface area contributed by atoms with Crippen molar-refractivity contribution in [2.45, 2.75) is 6.04 Å². The van der Waals surface area contributed by atoms with Crippen LogP contribution >= 0.6 is 0 Å². The summed E-state index contributed by atoms with van der Waals surface area (Å²) in [7, 11) is 0. The highest BCUT2D eigenvalue weighted by Gasteiger charge is 2.29. The van der Waals surface area contributed by atoms with Crippen molar-refractivity contribution in [3.63, 3.8) is 0 Å². The molecule has 0 amide bonds. The van der Waals surface area contributed by atoms with E-state index in [9.17, 15) is 9.59 Å². The summed E-state index contributed by atoms with van der Waals surface area (Å²) in [6.07, 6.45) is 1.68. The van der Waals surface area contributed by atoms with E-state index < -0.39 is 12.0 Å². The molecule has 6 nitrogen and oxygen atoms in total. The Bertz CT molecular complexity index is 402. The van der Waals surface area contributed by atoms with Crippen molar-refractivity contribution in [1.29, 1.82) is 0 Å². The average Bonchev–Trinajstić information content (AvgIpc) is 2.83. The third-order valence-electron chi connectivity index (χ3n) is 2.88. The molecule has 1 aromatic heterocycles. The maximum absolute atomic E-state index is 11.9. The largest absolute Gasteiger partial charge is 0.480 e. The molecule has 1 fully saturated rings. The molecule has 0 radical (unpaired) electrons. The molecular formula is C11H15N3O3. The molecule has 6 heteroatoms. The number of carboxylic acid groups (broad SMARTS) is 1. The van der Waals surface area contributed by atoms with Gasteiger partial charge in [-0.3, -0.25) is 14.5 Å². The Morgan fingerprint density at radius 2 is 2.35 bits per heavy atom. The number of aromatic amines is 1. The van der Waals surface area contributed by atoms with E-state index in [2.05, 4.69) is 10.3 Å². The summed E-state index contributed by atoms with van der Waals surface area (Å²) >= 11 is 0. The van der Waals surface area contributed by atoms with Gasteiger partial charge in [0.15, 0.2) is 5.78 Å². The minimum atomic E-state index is -0.892. The smallest absolute Gasteiger partial charge is 0.322 e. The van der Waals surface area contributed by atoms with E-state index in [1.54, 1.807) is 23.2 Å². The van der Waals surface area contributed by atoms with Gasteiger partial charge in [-0.05, 0) is 12.1 Å². The summed E-state index contributed by atoms with van der Waals surface area (Å²) in [4.78, 5) is 27.4. The third-order valence-corrected chi connectivity index (χ3v) is 2.88. The Morgan fingerprint density at radius 1 is 1.53 bits per heavy atom. The second-order valence-electron chi connectivity index (χ2n) is 4.04. The summed E-state index contributed by atoms with van der Waals surface area (Å²) in [6, 6.07) is 2.82. The van der Waals surface area contributed by atoms with Crippen molar-refractivity contribution < 1.29 is 14.7 Å². The number of Topliss-reactive ketones (excluding diaryl/α,β-unsaturated/α-hetero) is 1. The van der Waals surface area contributed by atoms with Crippen LogP contribution in [-0.4, -0.2) is 59.0 Å². The molecule has 1 aliphatic heterocycles. The van der Waals surface area contributed by atoms with E-state index in [0.29, 0.717) is 25.3 Å². The fraction of sp³-hybridized carbons (Fsp3) is 0.455. The molecule has 17 heavy (non-hydrogen) atoms. The van der Waals surface area contributed by atoms with E-state index in [4.69, 9.17) is 5.11 Å². The number of hydrogen-bond acceptors (Lipinski definition) is 4. The van der Waals surface area contributed by atoms with Crippen LogP contribution in [-0.2, 0) is 4.79 Å². The minimum absolute atomic E-state index is 0.0804. The Balaban J connectivity index is 2.01. The first kappa shape index (κ1) is 11.8. The monoisotopic (exact) mass is 237 g/mol. The SMILES string of the molecule is O=C(CN1CCNCC1C(=O)O)c1ccc[nH]1. The second-order valence-corrected chi connectivity index (χ2v) is 4.04. The Hall–Kier alpha value is -1.66. The molecule has 1 saturated heterocycles. The lowest BCUT2D eigenvalue weighted by molar-refractivity contribution is -0.143. The zero-order chi connectivity index (χ0) is 12.3. The Morgan fingerprint density at radius 3 is 3.00 bits per heavy atom. The predicted molar refractivity (Wildman–Crippen MR) is 61.0 cm³/mol. The molecule has 3 N–H and O–H groups in total. The van der Waals surface area contributed by atoms with Crippen molar-refractivity contribution in [3.8, 4) is 0 Å². The number of nitrogens with one attached hydrogen (secondary N) is 2. The van der Waals surface area contributed by atoms with Gasteiger partial charge in [-0.25, -0.2) is 0 Å². The first-order chi connectivity index (χ1) is 8.18. The summed E-state index contributed by atoms with van der Waals surface area (Å²) in [6.45, 7) is 1.80. The first-order valence-corrected chi connectivity index (χ1v) is 5.52. The Kier molecular flexibility index (Phi) is 3.55. The molecule has 0 aromatic carbocycles. The number of aliphatic carboxylic acids is 1. The molecular weight excluding hydrogens is 222 g/mol. The van der Waals surface area contributed by atoms with E-state index in [1.807, 2.05) is 0 Å². The summed E-state index contributed by atoms with van der Waals surface area (Å²) in [5, 5.41) is 12.1. The number of hydrogen-bond donors (Lipinski definition) is 3. The fourth-order valence-electron chi connectivity index (χ4n) is 1.95. The lowest BCUT2D eigenvalue weighted by Gasteiger charge is -2.32. The van der Waals surface area contributed by atoms with Crippen LogP contribution in [0.5, 0.6) is 0 Å². The fourth-order valence-corrected chi connectivity index (χ4v) is 1.95. The van der Waals surface area contributed by atoms with Gasteiger partial charge in [0, 0.05) is 25.8 Å². The van der Waals surface area contributed by atoms with Crippen LogP contribution in [0.1, 0.15) is 10.5 Å². The Labute approximate surface area is 98.6 Å². The first-order valence-electron chi connectivity index (χ1n) is 5.52. The standard InChI is InChI=1S/C11H15N3O3/c15-10(8-2-1-3-13-8)7-14-5-4-12-6-9(14)11(16)17/h1-3,9,12-13H,4-7H2,(H,16,17). The number of carbonyl (C=O) groups is 2. The lowest BCUT2D eigenvalue weighted by Crippen LogP contribution is -2.56. The van der Waals surface area contributed by atoms with Gasteiger partial charge in [0.1, 0.15) is 6.04 Å². The highest BCUT2D eigenvalue weighted by atomic mass is 16.4. The molecule has 1 unspecified atom stereocenters. The van der Waals surface area contributed by atoms with Crippen molar-refractivity contribution in [2.24, 2.45) is 0 Å². The van der Waals surface area contributed by atoms with Crippen LogP contribution in [0.3, 0.4) is 0 Å². The molecule has 2 heterocycles. The highest BCUT2D eigenvalue weighted by molar-refractivity contribution is 5.96. The topological polar surface area (TPSA) is 85.4 Å². The molecule has 1 atom stereocenters. The van der Waals surface area contributed by atoms with Gasteiger partial charge in [0.25, 0.3) is 0 Å². The van der Waals surface area contributed by atoms with Gasteiger partial charge < -0.3 is 15.4 Å². The van der Waals surface area contributed by atoms with E-state index >= 15 is 0 Å². The van der Waals surface area contributed by atoms with Crippen LogP contribution < -0.4 is 5.32 Å². The van der Waals surface area contributed by atoms with Crippen molar-refractivity contribution in [1.82, 2.24) is 15.2 Å². The van der Waals surface area contributed by atoms with Crippen LogP contribution in [0.2, 0.25) is 0 Å². The van der Waals surface area contributed by atoms with Gasteiger partial charge in [-0.2, -0.15) is 0 Å². The summed E-state index contributed by atoms with van der Waals surface area (Å²) in [5.41, 5.74) is 0.521. The highest BCUT2D eigenvalue weighted by Crippen LogP contribution is 2.06. The van der Waals surface area contributed by atoms with Gasteiger partial charge in [-0.1, -0.05) is 0 Å². The van der Waals surface area contributed by atoms with Crippen LogP contribution in [0.25, 0.3) is 0 Å². The molecule has 0 spiro atoms. The normalized spacial score (nSPS) is 21.3. The number of nitrogens with zero attached hydrogens (tertiary/aromatic N) is 1. The molecule has 0 bridgehead atoms. The number of carboxylic acids is 1. The number of H-pyrrole nitrogens is 1. The predicted octanol–water partition coefficient (Wildman–Crippen LogP) is -0.444. The third kappa shape index (κ3) is 2.72. The molecule has 92 valence electrons. The maximum atomic E-state index is 11.9. The molecule has 1 aromatic rings. The molecule has 2 rings (SSSR count). The number of rotatable bonds is 4. The van der Waals surface area contributed by atoms with Crippen molar-refractivity contribution in [3.05, 3.63) is 24.0 Å². The number of piperazine rings is 1. The second kappa shape index (κ2) is 5.11. The summed E-state index contributed by atoms with van der Waals surface area (Å²) in [5.74, 6) is -0.973.